The number of aromatic hydroxyl groups is 1. The molecule has 0 aromatic heterocycles. The Labute approximate surface area is 149 Å². The van der Waals surface area contributed by atoms with Crippen LogP contribution in [0, 0.1) is 24.7 Å². The Morgan fingerprint density at radius 2 is 2.00 bits per heavy atom. The first kappa shape index (κ1) is 19.3. The van der Waals surface area contributed by atoms with Crippen LogP contribution in [0.4, 0.5) is 0 Å². The molecule has 1 N–H and O–H groups in total. The maximum atomic E-state index is 12.1. The van der Waals surface area contributed by atoms with Gasteiger partial charge < -0.3 is 14.6 Å². The molecule has 1 aliphatic rings. The van der Waals surface area contributed by atoms with E-state index in [-0.39, 0.29) is 17.4 Å². The van der Waals surface area contributed by atoms with Crippen molar-refractivity contribution in [2.75, 3.05) is 6.61 Å². The number of aryl methyl sites for hydroxylation is 1. The van der Waals surface area contributed by atoms with Gasteiger partial charge in [0.05, 0.1) is 0 Å². The lowest BCUT2D eigenvalue weighted by molar-refractivity contribution is -0.159. The van der Waals surface area contributed by atoms with Crippen LogP contribution in [0.25, 0.3) is 0 Å². The van der Waals surface area contributed by atoms with Gasteiger partial charge in [0.1, 0.15) is 17.4 Å². The summed E-state index contributed by atoms with van der Waals surface area (Å²) in [6, 6.07) is 4.81. The van der Waals surface area contributed by atoms with Crippen molar-refractivity contribution in [1.29, 1.82) is 0 Å². The number of hydrogen-bond acceptors (Lipinski definition) is 5. The average Bonchev–Trinajstić information content (AvgIpc) is 2.55. The normalized spacial score (nSPS) is 23.3. The Morgan fingerprint density at radius 3 is 2.68 bits per heavy atom. The molecule has 0 amide bonds. The van der Waals surface area contributed by atoms with Crippen LogP contribution in [-0.4, -0.2) is 29.8 Å². The smallest absolute Gasteiger partial charge is 0.344 e. The van der Waals surface area contributed by atoms with Gasteiger partial charge in [0, 0.05) is 0 Å². The predicted molar refractivity (Wildman–Crippen MR) is 94.3 cm³/mol. The highest BCUT2D eigenvalue weighted by atomic mass is 16.6. The lowest BCUT2D eigenvalue weighted by Crippen LogP contribution is -2.36. The summed E-state index contributed by atoms with van der Waals surface area (Å²) in [5, 5.41) is 9.90. The summed E-state index contributed by atoms with van der Waals surface area (Å²) in [5.41, 5.74) is 0.632. The summed E-state index contributed by atoms with van der Waals surface area (Å²) in [7, 11) is 0. The average molecular weight is 348 g/mol. The summed E-state index contributed by atoms with van der Waals surface area (Å²) in [5.74, 6) is -0.0731. The summed E-state index contributed by atoms with van der Waals surface area (Å²) < 4.78 is 10.6. The van der Waals surface area contributed by atoms with Crippen LogP contribution in [0.3, 0.4) is 0 Å². The highest BCUT2D eigenvalue weighted by molar-refractivity contribution is 5.93. The molecule has 1 saturated carbocycles. The van der Waals surface area contributed by atoms with Gasteiger partial charge in [0.2, 0.25) is 0 Å². The van der Waals surface area contributed by atoms with E-state index in [1.807, 2.05) is 0 Å². The Hall–Kier alpha value is -2.04. The lowest BCUT2D eigenvalue weighted by Gasteiger charge is -2.36. The number of phenolic OH excluding ortho intramolecular Hbond substituents is 1. The van der Waals surface area contributed by atoms with Crippen molar-refractivity contribution < 1.29 is 24.2 Å². The molecule has 3 atom stereocenters. The molecule has 1 aromatic carbocycles. The summed E-state index contributed by atoms with van der Waals surface area (Å²) in [6.07, 6.45) is 2.93. The van der Waals surface area contributed by atoms with Crippen molar-refractivity contribution in [2.45, 2.75) is 53.1 Å². The van der Waals surface area contributed by atoms with Gasteiger partial charge in [0.15, 0.2) is 6.61 Å². The first-order valence-corrected chi connectivity index (χ1v) is 8.94. The Balaban J connectivity index is 1.91. The highest BCUT2D eigenvalue weighted by Crippen LogP contribution is 2.35. The van der Waals surface area contributed by atoms with E-state index in [1.54, 1.807) is 19.1 Å². The SMILES string of the molecule is Cc1cccc(C(=O)OCC(=O)O[C@@H]2C[C@@H](C)CC[C@H]2C(C)C)c1O. The molecule has 0 unspecified atom stereocenters. The minimum absolute atomic E-state index is 0.0548. The van der Waals surface area contributed by atoms with E-state index in [0.29, 0.717) is 23.3 Å². The molecule has 0 spiro atoms. The molecule has 0 aliphatic heterocycles. The highest BCUT2D eigenvalue weighted by Gasteiger charge is 2.33. The Morgan fingerprint density at radius 1 is 1.28 bits per heavy atom. The van der Waals surface area contributed by atoms with E-state index in [0.717, 1.165) is 19.3 Å². The zero-order valence-electron chi connectivity index (χ0n) is 15.5. The van der Waals surface area contributed by atoms with Crippen molar-refractivity contribution in [2.24, 2.45) is 17.8 Å². The number of hydrogen-bond donors (Lipinski definition) is 1. The van der Waals surface area contributed by atoms with E-state index in [4.69, 9.17) is 9.47 Å². The first-order valence-electron chi connectivity index (χ1n) is 8.94. The molecule has 1 aromatic rings. The number of ether oxygens (including phenoxy) is 2. The monoisotopic (exact) mass is 348 g/mol. The molecule has 1 aliphatic carbocycles. The zero-order chi connectivity index (χ0) is 18.6. The second-order valence-corrected chi connectivity index (χ2v) is 7.40. The number of carbonyl (C=O) groups excluding carboxylic acids is 2. The third kappa shape index (κ3) is 4.97. The standard InChI is InChI=1S/C20H28O5/c1-12(2)15-9-8-13(3)10-17(15)25-18(21)11-24-20(23)16-7-5-6-14(4)19(16)22/h5-7,12-13,15,17,22H,8-11H2,1-4H3/t13-,15-,17+/m0/s1. The number of phenols is 1. The second-order valence-electron chi connectivity index (χ2n) is 7.40. The van der Waals surface area contributed by atoms with Crippen molar-refractivity contribution in [3.05, 3.63) is 29.3 Å². The maximum absolute atomic E-state index is 12.1. The first-order chi connectivity index (χ1) is 11.8. The third-order valence-electron chi connectivity index (χ3n) is 5.02. The van der Waals surface area contributed by atoms with Crippen LogP contribution >= 0.6 is 0 Å². The molecular formula is C20H28O5. The molecule has 0 bridgehead atoms. The van der Waals surface area contributed by atoms with E-state index in [2.05, 4.69) is 20.8 Å². The number of rotatable bonds is 5. The van der Waals surface area contributed by atoms with Crippen LogP contribution in [0.15, 0.2) is 18.2 Å². The van der Waals surface area contributed by atoms with E-state index in [9.17, 15) is 14.7 Å². The van der Waals surface area contributed by atoms with Crippen LogP contribution in [0.1, 0.15) is 56.0 Å². The van der Waals surface area contributed by atoms with Crippen molar-refractivity contribution >= 4 is 11.9 Å². The minimum Gasteiger partial charge on any atom is -0.507 e. The lowest BCUT2D eigenvalue weighted by atomic mass is 9.75. The molecule has 25 heavy (non-hydrogen) atoms. The summed E-state index contributed by atoms with van der Waals surface area (Å²) in [4.78, 5) is 24.2. The number of esters is 2. The molecule has 0 saturated heterocycles. The van der Waals surface area contributed by atoms with Crippen LogP contribution in [0.5, 0.6) is 5.75 Å². The van der Waals surface area contributed by atoms with Crippen molar-refractivity contribution in [3.8, 4) is 5.75 Å². The van der Waals surface area contributed by atoms with Gasteiger partial charge in [-0.1, -0.05) is 39.3 Å². The number of carbonyl (C=O) groups is 2. The minimum atomic E-state index is -0.726. The van der Waals surface area contributed by atoms with Crippen molar-refractivity contribution in [3.63, 3.8) is 0 Å². The number of benzene rings is 1. The quantitative estimate of drug-likeness (QED) is 0.818. The fourth-order valence-corrected chi connectivity index (χ4v) is 3.48. The van der Waals surface area contributed by atoms with E-state index >= 15 is 0 Å². The predicted octanol–water partition coefficient (Wildman–Crippen LogP) is 3.86. The maximum Gasteiger partial charge on any atom is 0.344 e. The molecule has 0 radical (unpaired) electrons. The van der Waals surface area contributed by atoms with E-state index in [1.165, 1.54) is 6.07 Å². The molecule has 5 heteroatoms. The topological polar surface area (TPSA) is 72.8 Å². The summed E-state index contributed by atoms with van der Waals surface area (Å²) >= 11 is 0. The largest absolute Gasteiger partial charge is 0.507 e. The molecule has 2 rings (SSSR count). The van der Waals surface area contributed by atoms with Gasteiger partial charge >= 0.3 is 11.9 Å². The van der Waals surface area contributed by atoms with Crippen LogP contribution in [-0.2, 0) is 14.3 Å². The van der Waals surface area contributed by atoms with E-state index < -0.39 is 18.5 Å². The van der Waals surface area contributed by atoms with Gasteiger partial charge in [-0.05, 0) is 49.1 Å². The fourth-order valence-electron chi connectivity index (χ4n) is 3.48. The zero-order valence-corrected chi connectivity index (χ0v) is 15.5. The summed E-state index contributed by atoms with van der Waals surface area (Å²) in [6.45, 7) is 7.70. The molecule has 138 valence electrons. The van der Waals surface area contributed by atoms with Gasteiger partial charge in [-0.3, -0.25) is 0 Å². The van der Waals surface area contributed by atoms with Crippen molar-refractivity contribution in [1.82, 2.24) is 0 Å². The molecule has 5 nitrogen and oxygen atoms in total. The Kier molecular flexibility index (Phi) is 6.45. The molecule has 0 heterocycles. The fraction of sp³-hybridized carbons (Fsp3) is 0.600. The molecule has 1 fully saturated rings. The number of para-hydroxylation sites is 1. The molecular weight excluding hydrogens is 320 g/mol. The van der Waals surface area contributed by atoms with Gasteiger partial charge in [0.25, 0.3) is 0 Å². The Bertz CT molecular complexity index is 623. The van der Waals surface area contributed by atoms with Gasteiger partial charge in [-0.2, -0.15) is 0 Å². The third-order valence-corrected chi connectivity index (χ3v) is 5.02. The van der Waals surface area contributed by atoms with Crippen LogP contribution in [0.2, 0.25) is 0 Å². The van der Waals surface area contributed by atoms with Gasteiger partial charge in [-0.15, -0.1) is 0 Å². The van der Waals surface area contributed by atoms with Gasteiger partial charge in [-0.25, -0.2) is 9.59 Å². The second kappa shape index (κ2) is 8.37. The van der Waals surface area contributed by atoms with Crippen LogP contribution < -0.4 is 0 Å².